The molecule has 0 atom stereocenters. The van der Waals surface area contributed by atoms with Crippen LogP contribution in [-0.2, 0) is 0 Å². The highest BCUT2D eigenvalue weighted by Gasteiger charge is 2.12. The first kappa shape index (κ1) is 8.37. The van der Waals surface area contributed by atoms with Crippen molar-refractivity contribution in [2.45, 2.75) is 4.21 Å². The highest BCUT2D eigenvalue weighted by atomic mass is 32.2. The van der Waals surface area contributed by atoms with Gasteiger partial charge in [-0.3, -0.25) is 0 Å². The van der Waals surface area contributed by atoms with Crippen molar-refractivity contribution in [3.63, 3.8) is 0 Å². The van der Waals surface area contributed by atoms with Crippen molar-refractivity contribution in [2.24, 2.45) is 0 Å². The zero-order valence-corrected chi connectivity index (χ0v) is 7.75. The van der Waals surface area contributed by atoms with E-state index in [0.29, 0.717) is 11.4 Å². The van der Waals surface area contributed by atoms with Gasteiger partial charge in [-0.2, -0.15) is 9.64 Å². The Morgan fingerprint density at radius 2 is 2.45 bits per heavy atom. The minimum Gasteiger partial charge on any atom is -0.479 e. The Balaban J connectivity index is 3.12. The summed E-state index contributed by atoms with van der Waals surface area (Å²) in [5, 5.41) is 8.67. The lowest BCUT2D eigenvalue weighted by atomic mass is 10.4. The van der Waals surface area contributed by atoms with Crippen LogP contribution in [0.2, 0.25) is 0 Å². The van der Waals surface area contributed by atoms with Gasteiger partial charge in [-0.1, -0.05) is 0 Å². The molecule has 0 radical (unpaired) electrons. The predicted molar refractivity (Wildman–Crippen MR) is 45.2 cm³/mol. The molecule has 0 saturated heterocycles. The van der Waals surface area contributed by atoms with Crippen molar-refractivity contribution in [1.82, 2.24) is 4.37 Å². The highest BCUT2D eigenvalue weighted by Crippen LogP contribution is 2.31. The van der Waals surface area contributed by atoms with E-state index in [2.05, 4.69) is 4.37 Å². The minimum atomic E-state index is 0.432. The van der Waals surface area contributed by atoms with E-state index in [9.17, 15) is 0 Å². The van der Waals surface area contributed by atoms with E-state index >= 15 is 0 Å². The second kappa shape index (κ2) is 3.60. The van der Waals surface area contributed by atoms with E-state index in [1.54, 1.807) is 0 Å². The zero-order chi connectivity index (χ0) is 8.27. The van der Waals surface area contributed by atoms with Crippen LogP contribution >= 0.6 is 23.3 Å². The number of nitriles is 1. The molecule has 1 aromatic heterocycles. The zero-order valence-electron chi connectivity index (χ0n) is 6.12. The van der Waals surface area contributed by atoms with Crippen molar-refractivity contribution >= 4 is 23.3 Å². The summed E-state index contributed by atoms with van der Waals surface area (Å²) in [4.78, 5) is 0. The average molecular weight is 186 g/mol. The second-order valence-electron chi connectivity index (χ2n) is 1.67. The van der Waals surface area contributed by atoms with Gasteiger partial charge in [0, 0.05) is 0 Å². The van der Waals surface area contributed by atoms with Gasteiger partial charge in [0.25, 0.3) is 0 Å². The molecular formula is C6H6N2OS2. The van der Waals surface area contributed by atoms with E-state index in [0.717, 1.165) is 4.21 Å². The van der Waals surface area contributed by atoms with Crippen LogP contribution in [0, 0.1) is 11.3 Å². The third kappa shape index (κ3) is 1.47. The maximum Gasteiger partial charge on any atom is 0.244 e. The average Bonchev–Trinajstić information content (AvgIpc) is 2.45. The Hall–Kier alpha value is -0.730. The molecule has 1 rings (SSSR count). The smallest absolute Gasteiger partial charge is 0.244 e. The third-order valence-corrected chi connectivity index (χ3v) is 3.05. The van der Waals surface area contributed by atoms with Crippen LogP contribution in [0.1, 0.15) is 5.56 Å². The quantitative estimate of drug-likeness (QED) is 0.660. The molecule has 0 aliphatic carbocycles. The lowest BCUT2D eigenvalue weighted by Gasteiger charge is -1.91. The molecule has 11 heavy (non-hydrogen) atoms. The van der Waals surface area contributed by atoms with Crippen molar-refractivity contribution in [3.05, 3.63) is 5.56 Å². The minimum absolute atomic E-state index is 0.432. The summed E-state index contributed by atoms with van der Waals surface area (Å²) in [7, 11) is 1.51. The number of rotatable bonds is 2. The molecule has 0 fully saturated rings. The van der Waals surface area contributed by atoms with Gasteiger partial charge in [-0.05, 0) is 17.8 Å². The lowest BCUT2D eigenvalue weighted by molar-refractivity contribution is 0.401. The van der Waals surface area contributed by atoms with E-state index in [4.69, 9.17) is 10.00 Å². The Morgan fingerprint density at radius 3 is 2.91 bits per heavy atom. The molecule has 1 heterocycles. The first-order valence-electron chi connectivity index (χ1n) is 2.81. The van der Waals surface area contributed by atoms with Gasteiger partial charge in [-0.25, -0.2) is 0 Å². The molecule has 0 N–H and O–H groups in total. The van der Waals surface area contributed by atoms with Gasteiger partial charge in [0.05, 0.1) is 7.11 Å². The van der Waals surface area contributed by atoms with E-state index in [1.165, 1.54) is 30.4 Å². The van der Waals surface area contributed by atoms with Gasteiger partial charge in [0.15, 0.2) is 0 Å². The van der Waals surface area contributed by atoms with Crippen LogP contribution in [0.4, 0.5) is 0 Å². The SMILES string of the molecule is COc1nsc(SC)c1C#N. The standard InChI is InChI=1S/C6H6N2OS2/c1-9-5-4(3-7)6(10-2)11-8-5/h1-2H3. The molecule has 0 aromatic carbocycles. The number of hydrogen-bond acceptors (Lipinski definition) is 5. The fourth-order valence-corrected chi connectivity index (χ4v) is 1.94. The molecule has 0 saturated carbocycles. The van der Waals surface area contributed by atoms with Gasteiger partial charge in [-0.15, -0.1) is 11.8 Å². The van der Waals surface area contributed by atoms with Crippen molar-refractivity contribution in [1.29, 1.82) is 5.26 Å². The molecule has 3 nitrogen and oxygen atoms in total. The fraction of sp³-hybridized carbons (Fsp3) is 0.333. The van der Waals surface area contributed by atoms with Crippen LogP contribution in [0.25, 0.3) is 0 Å². The molecule has 0 aliphatic heterocycles. The van der Waals surface area contributed by atoms with Gasteiger partial charge >= 0.3 is 0 Å². The van der Waals surface area contributed by atoms with Crippen molar-refractivity contribution < 1.29 is 4.74 Å². The summed E-state index contributed by atoms with van der Waals surface area (Å²) < 4.78 is 9.74. The molecule has 58 valence electrons. The number of aromatic nitrogens is 1. The highest BCUT2D eigenvalue weighted by molar-refractivity contribution is 8.00. The summed E-state index contributed by atoms with van der Waals surface area (Å²) >= 11 is 2.80. The van der Waals surface area contributed by atoms with Crippen LogP contribution in [-0.4, -0.2) is 17.7 Å². The molecule has 0 unspecified atom stereocenters. The lowest BCUT2D eigenvalue weighted by Crippen LogP contribution is -1.84. The van der Waals surface area contributed by atoms with E-state index in [-0.39, 0.29) is 0 Å². The van der Waals surface area contributed by atoms with Crippen molar-refractivity contribution in [3.8, 4) is 11.9 Å². The second-order valence-corrected chi connectivity index (χ2v) is 3.52. The monoisotopic (exact) mass is 186 g/mol. The summed E-state index contributed by atoms with van der Waals surface area (Å²) in [6.45, 7) is 0. The normalized spacial score (nSPS) is 9.18. The summed E-state index contributed by atoms with van der Waals surface area (Å²) in [6, 6.07) is 2.05. The molecule has 0 spiro atoms. The fourth-order valence-electron chi connectivity index (χ4n) is 0.634. The summed E-state index contributed by atoms with van der Waals surface area (Å²) in [6.07, 6.45) is 1.91. The Kier molecular flexibility index (Phi) is 2.74. The molecule has 5 heteroatoms. The van der Waals surface area contributed by atoms with Crippen LogP contribution in [0.3, 0.4) is 0 Å². The maximum atomic E-state index is 8.67. The topological polar surface area (TPSA) is 45.9 Å². The maximum absolute atomic E-state index is 8.67. The van der Waals surface area contributed by atoms with E-state index in [1.807, 2.05) is 12.3 Å². The van der Waals surface area contributed by atoms with Gasteiger partial charge in [0.1, 0.15) is 15.8 Å². The number of nitrogens with zero attached hydrogens (tertiary/aromatic N) is 2. The predicted octanol–water partition coefficient (Wildman–Crippen LogP) is 1.75. The molecule has 0 amide bonds. The molecule has 0 bridgehead atoms. The largest absolute Gasteiger partial charge is 0.479 e. The van der Waals surface area contributed by atoms with Crippen molar-refractivity contribution in [2.75, 3.05) is 13.4 Å². The van der Waals surface area contributed by atoms with Gasteiger partial charge < -0.3 is 4.74 Å². The van der Waals surface area contributed by atoms with Crippen LogP contribution < -0.4 is 4.74 Å². The first-order valence-corrected chi connectivity index (χ1v) is 4.81. The van der Waals surface area contributed by atoms with Crippen LogP contribution in [0.5, 0.6) is 5.88 Å². The van der Waals surface area contributed by atoms with Crippen LogP contribution in [0.15, 0.2) is 4.21 Å². The van der Waals surface area contributed by atoms with Gasteiger partial charge in [0.2, 0.25) is 5.88 Å². The third-order valence-electron chi connectivity index (χ3n) is 1.12. The number of methoxy groups -OCH3 is 1. The number of ether oxygens (including phenoxy) is 1. The molecular weight excluding hydrogens is 180 g/mol. The Bertz CT molecular complexity index is 268. The number of hydrogen-bond donors (Lipinski definition) is 0. The first-order chi connectivity index (χ1) is 5.33. The Labute approximate surface area is 73.2 Å². The summed E-state index contributed by atoms with van der Waals surface area (Å²) in [5.74, 6) is 0.432. The number of thioether (sulfide) groups is 1. The molecule has 0 aliphatic rings. The molecule has 1 aromatic rings. The Morgan fingerprint density at radius 1 is 1.73 bits per heavy atom. The van der Waals surface area contributed by atoms with E-state index < -0.39 is 0 Å². The summed E-state index contributed by atoms with van der Waals surface area (Å²) in [5.41, 5.74) is 0.546.